The Labute approximate surface area is 123 Å². The highest BCUT2D eigenvalue weighted by atomic mass is 16.4. The summed E-state index contributed by atoms with van der Waals surface area (Å²) in [5.41, 5.74) is 5.51. The number of aromatic carboxylic acids is 2. The van der Waals surface area contributed by atoms with Crippen LogP contribution >= 0.6 is 0 Å². The molecule has 0 saturated heterocycles. The topological polar surface area (TPSA) is 101 Å². The molecule has 5 heteroatoms. The normalized spacial score (nSPS) is 8.48. The second-order valence-corrected chi connectivity index (χ2v) is 3.75. The fourth-order valence-corrected chi connectivity index (χ4v) is 1.16. The van der Waals surface area contributed by atoms with Gasteiger partial charge in [0.05, 0.1) is 11.1 Å². The van der Waals surface area contributed by atoms with Crippen molar-refractivity contribution in [2.24, 2.45) is 5.73 Å². The zero-order chi connectivity index (χ0) is 16.1. The Bertz CT molecular complexity index is 477. The Hall–Kier alpha value is -2.66. The molecule has 0 unspecified atom stereocenters. The minimum Gasteiger partial charge on any atom is -0.478 e. The lowest BCUT2D eigenvalue weighted by atomic mass is 10.2. The van der Waals surface area contributed by atoms with Gasteiger partial charge in [0.1, 0.15) is 0 Å². The first-order valence-electron chi connectivity index (χ1n) is 6.29. The van der Waals surface area contributed by atoms with E-state index in [-0.39, 0.29) is 0 Å². The lowest BCUT2D eigenvalue weighted by Gasteiger charge is -1.88. The number of hydrogen-bond acceptors (Lipinski definition) is 3. The van der Waals surface area contributed by atoms with Gasteiger partial charge in [-0.15, -0.1) is 0 Å². The maximum atomic E-state index is 10.2. The van der Waals surface area contributed by atoms with Crippen LogP contribution < -0.4 is 5.73 Å². The highest BCUT2D eigenvalue weighted by Gasteiger charge is 1.97. The summed E-state index contributed by atoms with van der Waals surface area (Å²) in [6.45, 7) is 2.65. The van der Waals surface area contributed by atoms with Crippen LogP contribution in [0.4, 0.5) is 0 Å². The van der Waals surface area contributed by atoms with Gasteiger partial charge >= 0.3 is 11.9 Å². The molecule has 0 heterocycles. The Morgan fingerprint density at radius 3 is 1.19 bits per heavy atom. The molecule has 0 fully saturated rings. The van der Waals surface area contributed by atoms with Crippen molar-refractivity contribution in [3.05, 3.63) is 71.8 Å². The van der Waals surface area contributed by atoms with Crippen molar-refractivity contribution in [1.82, 2.24) is 0 Å². The van der Waals surface area contributed by atoms with Crippen LogP contribution in [0, 0.1) is 0 Å². The molecule has 0 atom stereocenters. The van der Waals surface area contributed by atoms with E-state index in [2.05, 4.69) is 0 Å². The van der Waals surface area contributed by atoms with Crippen molar-refractivity contribution in [2.75, 3.05) is 6.54 Å². The second-order valence-electron chi connectivity index (χ2n) is 3.75. The second kappa shape index (κ2) is 11.2. The zero-order valence-electron chi connectivity index (χ0n) is 11.8. The van der Waals surface area contributed by atoms with Gasteiger partial charge < -0.3 is 15.9 Å². The summed E-state index contributed by atoms with van der Waals surface area (Å²) in [5, 5.41) is 16.8. The largest absolute Gasteiger partial charge is 0.478 e. The van der Waals surface area contributed by atoms with E-state index in [0.29, 0.717) is 11.1 Å². The van der Waals surface area contributed by atoms with Gasteiger partial charge in [0.2, 0.25) is 0 Å². The Balaban J connectivity index is 0.000000322. The van der Waals surface area contributed by atoms with Crippen LogP contribution in [-0.2, 0) is 0 Å². The molecule has 0 saturated carbocycles. The maximum Gasteiger partial charge on any atom is 0.335 e. The zero-order valence-corrected chi connectivity index (χ0v) is 11.8. The van der Waals surface area contributed by atoms with Crippen LogP contribution in [0.3, 0.4) is 0 Å². The van der Waals surface area contributed by atoms with Gasteiger partial charge in [-0.2, -0.15) is 0 Å². The molecular formula is C16H19NO4. The summed E-state index contributed by atoms with van der Waals surface area (Å²) in [6, 6.07) is 16.6. The number of carboxylic acid groups (broad SMARTS) is 2. The van der Waals surface area contributed by atoms with Gasteiger partial charge in [0, 0.05) is 0 Å². The Morgan fingerprint density at radius 1 is 0.810 bits per heavy atom. The quantitative estimate of drug-likeness (QED) is 0.789. The van der Waals surface area contributed by atoms with Crippen LogP contribution in [0.15, 0.2) is 60.7 Å². The monoisotopic (exact) mass is 289 g/mol. The van der Waals surface area contributed by atoms with Crippen molar-refractivity contribution in [2.45, 2.75) is 6.92 Å². The fourth-order valence-electron chi connectivity index (χ4n) is 1.16. The molecule has 0 aromatic heterocycles. The van der Waals surface area contributed by atoms with E-state index in [1.54, 1.807) is 60.7 Å². The van der Waals surface area contributed by atoms with Gasteiger partial charge in [0.25, 0.3) is 0 Å². The molecular weight excluding hydrogens is 270 g/mol. The maximum absolute atomic E-state index is 10.2. The summed E-state index contributed by atoms with van der Waals surface area (Å²) in [5.74, 6) is -1.76. The number of carbonyl (C=O) groups is 2. The lowest BCUT2D eigenvalue weighted by Crippen LogP contribution is -1.93. The number of benzene rings is 2. The SMILES string of the molecule is CCN.O=C(O)c1ccccc1.O=C(O)c1ccccc1. The number of hydrogen-bond donors (Lipinski definition) is 3. The van der Waals surface area contributed by atoms with E-state index in [9.17, 15) is 9.59 Å². The van der Waals surface area contributed by atoms with E-state index in [0.717, 1.165) is 6.54 Å². The summed E-state index contributed by atoms with van der Waals surface area (Å²) in [6.07, 6.45) is 0. The molecule has 0 aliphatic carbocycles. The molecule has 0 spiro atoms. The molecule has 0 aliphatic heterocycles. The average molecular weight is 289 g/mol. The molecule has 0 aliphatic rings. The van der Waals surface area contributed by atoms with Crippen molar-refractivity contribution in [1.29, 1.82) is 0 Å². The van der Waals surface area contributed by atoms with Crippen molar-refractivity contribution < 1.29 is 19.8 Å². The van der Waals surface area contributed by atoms with Crippen LogP contribution in [0.1, 0.15) is 27.6 Å². The minimum atomic E-state index is -0.879. The van der Waals surface area contributed by atoms with Crippen LogP contribution in [0.5, 0.6) is 0 Å². The molecule has 112 valence electrons. The van der Waals surface area contributed by atoms with Gasteiger partial charge in [-0.05, 0) is 30.8 Å². The van der Waals surface area contributed by atoms with Crippen LogP contribution in [0.2, 0.25) is 0 Å². The molecule has 0 bridgehead atoms. The third kappa shape index (κ3) is 8.96. The summed E-state index contributed by atoms with van der Waals surface area (Å²) in [7, 11) is 0. The van der Waals surface area contributed by atoms with Crippen LogP contribution in [-0.4, -0.2) is 28.7 Å². The van der Waals surface area contributed by atoms with E-state index in [1.807, 2.05) is 6.92 Å². The van der Waals surface area contributed by atoms with E-state index in [1.165, 1.54) is 0 Å². The first-order chi connectivity index (χ1) is 10.0. The van der Waals surface area contributed by atoms with Gasteiger partial charge in [0.15, 0.2) is 0 Å². The van der Waals surface area contributed by atoms with E-state index < -0.39 is 11.9 Å². The van der Waals surface area contributed by atoms with Crippen molar-refractivity contribution in [3.63, 3.8) is 0 Å². The first-order valence-corrected chi connectivity index (χ1v) is 6.29. The van der Waals surface area contributed by atoms with Crippen LogP contribution in [0.25, 0.3) is 0 Å². The first kappa shape index (κ1) is 18.3. The molecule has 4 N–H and O–H groups in total. The Kier molecular flexibility index (Phi) is 9.77. The molecule has 5 nitrogen and oxygen atoms in total. The highest BCUT2D eigenvalue weighted by Crippen LogP contribution is 1.96. The molecule has 21 heavy (non-hydrogen) atoms. The molecule has 2 aromatic rings. The third-order valence-corrected chi connectivity index (χ3v) is 2.04. The Morgan fingerprint density at radius 2 is 1.05 bits per heavy atom. The molecule has 0 amide bonds. The van der Waals surface area contributed by atoms with Crippen molar-refractivity contribution in [3.8, 4) is 0 Å². The smallest absolute Gasteiger partial charge is 0.335 e. The summed E-state index contributed by atoms with van der Waals surface area (Å²) < 4.78 is 0. The number of rotatable bonds is 2. The standard InChI is InChI=1S/2C7H6O2.C2H7N/c2*8-7(9)6-4-2-1-3-5-6;1-2-3/h2*1-5H,(H,8,9);2-3H2,1H3. The number of carboxylic acids is 2. The fraction of sp³-hybridized carbons (Fsp3) is 0.125. The molecule has 0 radical (unpaired) electrons. The molecule has 2 rings (SSSR count). The number of nitrogens with two attached hydrogens (primary N) is 1. The van der Waals surface area contributed by atoms with Crippen molar-refractivity contribution >= 4 is 11.9 Å². The minimum absolute atomic E-state index is 0.331. The van der Waals surface area contributed by atoms with E-state index in [4.69, 9.17) is 15.9 Å². The van der Waals surface area contributed by atoms with Gasteiger partial charge in [-0.3, -0.25) is 0 Å². The third-order valence-electron chi connectivity index (χ3n) is 2.04. The highest BCUT2D eigenvalue weighted by molar-refractivity contribution is 5.87. The van der Waals surface area contributed by atoms with E-state index >= 15 is 0 Å². The summed E-state index contributed by atoms with van der Waals surface area (Å²) in [4.78, 5) is 20.4. The molecule has 2 aromatic carbocycles. The predicted molar refractivity (Wildman–Crippen MR) is 81.5 cm³/mol. The average Bonchev–Trinajstić information content (AvgIpc) is 2.50. The van der Waals surface area contributed by atoms with Gasteiger partial charge in [-0.25, -0.2) is 9.59 Å². The predicted octanol–water partition coefficient (Wildman–Crippen LogP) is 2.73. The lowest BCUT2D eigenvalue weighted by molar-refractivity contribution is 0.0686. The summed E-state index contributed by atoms with van der Waals surface area (Å²) >= 11 is 0. The van der Waals surface area contributed by atoms with Gasteiger partial charge in [-0.1, -0.05) is 43.3 Å².